The van der Waals surface area contributed by atoms with Gasteiger partial charge in [0.05, 0.1) is 0 Å². The van der Waals surface area contributed by atoms with Gasteiger partial charge in [-0.3, -0.25) is 9.59 Å². The van der Waals surface area contributed by atoms with Crippen LogP contribution in [0.2, 0.25) is 0 Å². The Hall–Kier alpha value is -0.850. The van der Waals surface area contributed by atoms with Crippen molar-refractivity contribution in [3.8, 4) is 0 Å². The highest BCUT2D eigenvalue weighted by atomic mass is 127. The molecule has 0 atom stereocenters. The van der Waals surface area contributed by atoms with E-state index in [-0.39, 0.29) is 12.1 Å². The van der Waals surface area contributed by atoms with Crippen LogP contribution in [0.4, 0.5) is 0 Å². The highest BCUT2D eigenvalue weighted by Gasteiger charge is 2.17. The van der Waals surface area contributed by atoms with E-state index in [4.69, 9.17) is 4.74 Å². The smallest absolute Gasteiger partial charge is 0.326 e. The maximum Gasteiger partial charge on any atom is 0.326 e. The van der Waals surface area contributed by atoms with E-state index in [2.05, 4.69) is 22.6 Å². The first kappa shape index (κ1) is 14.2. The molecule has 1 aromatic heterocycles. The summed E-state index contributed by atoms with van der Waals surface area (Å²) < 4.78 is 7.43. The molecule has 0 aromatic carbocycles. The van der Waals surface area contributed by atoms with Crippen LogP contribution in [-0.4, -0.2) is 16.1 Å². The molecule has 0 saturated carbocycles. The maximum atomic E-state index is 11.8. The first-order chi connectivity index (χ1) is 7.70. The SMILES string of the molecule is Cc1c(I)ccn(CC(=O)OC(C)(C)C)c1=O. The highest BCUT2D eigenvalue weighted by molar-refractivity contribution is 14.1. The van der Waals surface area contributed by atoms with E-state index < -0.39 is 11.6 Å². The lowest BCUT2D eigenvalue weighted by atomic mass is 10.2. The molecule has 94 valence electrons. The third-order valence-electron chi connectivity index (χ3n) is 2.06. The number of esters is 1. The summed E-state index contributed by atoms with van der Waals surface area (Å²) in [5, 5.41) is 0. The fraction of sp³-hybridized carbons (Fsp3) is 0.500. The summed E-state index contributed by atoms with van der Waals surface area (Å²) in [7, 11) is 0. The van der Waals surface area contributed by atoms with Gasteiger partial charge >= 0.3 is 5.97 Å². The molecule has 17 heavy (non-hydrogen) atoms. The zero-order valence-corrected chi connectivity index (χ0v) is 12.6. The Bertz CT molecular complexity index is 486. The third kappa shape index (κ3) is 4.14. The second-order valence-corrected chi connectivity index (χ2v) is 5.97. The fourth-order valence-electron chi connectivity index (χ4n) is 1.30. The topological polar surface area (TPSA) is 48.3 Å². The molecule has 0 aliphatic heterocycles. The van der Waals surface area contributed by atoms with Crippen LogP contribution in [0.1, 0.15) is 26.3 Å². The van der Waals surface area contributed by atoms with Crippen LogP contribution in [0.5, 0.6) is 0 Å². The summed E-state index contributed by atoms with van der Waals surface area (Å²) in [6.07, 6.45) is 1.61. The van der Waals surface area contributed by atoms with Gasteiger partial charge < -0.3 is 9.30 Å². The lowest BCUT2D eigenvalue weighted by molar-refractivity contribution is -0.155. The molecule has 0 aliphatic carbocycles. The van der Waals surface area contributed by atoms with Crippen LogP contribution >= 0.6 is 22.6 Å². The van der Waals surface area contributed by atoms with Gasteiger partial charge in [0.2, 0.25) is 0 Å². The molecule has 0 saturated heterocycles. The minimum absolute atomic E-state index is 0.0478. The summed E-state index contributed by atoms with van der Waals surface area (Å²) in [5.41, 5.74) is -0.0294. The summed E-state index contributed by atoms with van der Waals surface area (Å²) in [6, 6.07) is 1.81. The van der Waals surface area contributed by atoms with Crippen LogP contribution in [0.25, 0.3) is 0 Å². The number of aromatic nitrogens is 1. The Balaban J connectivity index is 2.87. The summed E-state index contributed by atoms with van der Waals surface area (Å²) in [5.74, 6) is -0.403. The molecule has 1 heterocycles. The second kappa shape index (κ2) is 5.20. The number of rotatable bonds is 2. The van der Waals surface area contributed by atoms with Crippen molar-refractivity contribution in [2.24, 2.45) is 0 Å². The van der Waals surface area contributed by atoms with Crippen molar-refractivity contribution in [1.82, 2.24) is 4.57 Å². The van der Waals surface area contributed by atoms with Gasteiger partial charge in [0.15, 0.2) is 0 Å². The van der Waals surface area contributed by atoms with E-state index in [0.29, 0.717) is 5.56 Å². The monoisotopic (exact) mass is 349 g/mol. The molecular weight excluding hydrogens is 333 g/mol. The van der Waals surface area contributed by atoms with Gasteiger partial charge in [-0.1, -0.05) is 0 Å². The summed E-state index contributed by atoms with van der Waals surface area (Å²) in [4.78, 5) is 23.4. The van der Waals surface area contributed by atoms with E-state index in [1.807, 2.05) is 6.07 Å². The summed E-state index contributed by atoms with van der Waals surface area (Å²) in [6.45, 7) is 7.09. The van der Waals surface area contributed by atoms with E-state index in [1.54, 1.807) is 33.9 Å². The van der Waals surface area contributed by atoms with Gasteiger partial charge in [0.1, 0.15) is 12.1 Å². The number of pyridine rings is 1. The van der Waals surface area contributed by atoms with Crippen LogP contribution < -0.4 is 5.56 Å². The van der Waals surface area contributed by atoms with E-state index >= 15 is 0 Å². The van der Waals surface area contributed by atoms with Gasteiger partial charge in [-0.25, -0.2) is 0 Å². The molecule has 0 spiro atoms. The van der Waals surface area contributed by atoms with Crippen molar-refractivity contribution in [3.63, 3.8) is 0 Å². The standard InChI is InChI=1S/C12H16INO3/c1-8-9(13)5-6-14(11(8)16)7-10(15)17-12(2,3)4/h5-6H,7H2,1-4H3. The number of hydrogen-bond acceptors (Lipinski definition) is 3. The molecule has 4 nitrogen and oxygen atoms in total. The number of ether oxygens (including phenoxy) is 1. The lowest BCUT2D eigenvalue weighted by Crippen LogP contribution is -2.31. The first-order valence-electron chi connectivity index (χ1n) is 5.28. The van der Waals surface area contributed by atoms with Crippen LogP contribution in [-0.2, 0) is 16.1 Å². The average molecular weight is 349 g/mol. The Morgan fingerprint density at radius 2 is 2.06 bits per heavy atom. The van der Waals surface area contributed by atoms with Gasteiger partial charge in [-0.05, 0) is 56.4 Å². The number of carbonyl (C=O) groups excluding carboxylic acids is 1. The number of halogens is 1. The predicted octanol–water partition coefficient (Wildman–Crippen LogP) is 2.10. The van der Waals surface area contributed by atoms with Crippen molar-refractivity contribution >= 4 is 28.6 Å². The van der Waals surface area contributed by atoms with Crippen LogP contribution in [0.15, 0.2) is 17.1 Å². The van der Waals surface area contributed by atoms with Crippen molar-refractivity contribution in [2.75, 3.05) is 0 Å². The minimum Gasteiger partial charge on any atom is -0.459 e. The Morgan fingerprint density at radius 1 is 1.47 bits per heavy atom. The number of carbonyl (C=O) groups is 1. The van der Waals surface area contributed by atoms with Crippen molar-refractivity contribution in [2.45, 2.75) is 39.8 Å². The number of nitrogens with zero attached hydrogens (tertiary/aromatic N) is 1. The quantitative estimate of drug-likeness (QED) is 0.607. The fourth-order valence-corrected chi connectivity index (χ4v) is 1.69. The third-order valence-corrected chi connectivity index (χ3v) is 3.23. The maximum absolute atomic E-state index is 11.8. The van der Waals surface area contributed by atoms with Crippen LogP contribution in [0.3, 0.4) is 0 Å². The van der Waals surface area contributed by atoms with E-state index in [1.165, 1.54) is 4.57 Å². The Labute approximate surface area is 114 Å². The molecule has 0 fully saturated rings. The van der Waals surface area contributed by atoms with Crippen molar-refractivity contribution in [3.05, 3.63) is 31.8 Å². The van der Waals surface area contributed by atoms with Gasteiger partial charge in [-0.2, -0.15) is 0 Å². The summed E-state index contributed by atoms with van der Waals surface area (Å²) >= 11 is 2.09. The van der Waals surface area contributed by atoms with Crippen molar-refractivity contribution < 1.29 is 9.53 Å². The van der Waals surface area contributed by atoms with Crippen LogP contribution in [0, 0.1) is 10.5 Å². The van der Waals surface area contributed by atoms with E-state index in [0.717, 1.165) is 3.57 Å². The molecule has 0 unspecified atom stereocenters. The zero-order chi connectivity index (χ0) is 13.2. The minimum atomic E-state index is -0.529. The molecule has 0 bridgehead atoms. The molecule has 1 aromatic rings. The molecular formula is C12H16INO3. The largest absolute Gasteiger partial charge is 0.459 e. The molecule has 0 N–H and O–H groups in total. The average Bonchev–Trinajstić information content (AvgIpc) is 2.16. The predicted molar refractivity (Wildman–Crippen MR) is 74.0 cm³/mol. The normalized spacial score (nSPS) is 11.4. The molecule has 1 rings (SSSR count). The van der Waals surface area contributed by atoms with Crippen molar-refractivity contribution in [1.29, 1.82) is 0 Å². The van der Waals surface area contributed by atoms with Gasteiger partial charge in [0, 0.05) is 15.3 Å². The molecule has 0 radical (unpaired) electrons. The highest BCUT2D eigenvalue weighted by Crippen LogP contribution is 2.08. The Morgan fingerprint density at radius 3 is 2.59 bits per heavy atom. The van der Waals surface area contributed by atoms with Gasteiger partial charge in [-0.15, -0.1) is 0 Å². The molecule has 0 aliphatic rings. The first-order valence-corrected chi connectivity index (χ1v) is 6.36. The molecule has 0 amide bonds. The Kier molecular flexibility index (Phi) is 4.35. The van der Waals surface area contributed by atoms with Gasteiger partial charge in [0.25, 0.3) is 5.56 Å². The second-order valence-electron chi connectivity index (χ2n) is 4.81. The zero-order valence-electron chi connectivity index (χ0n) is 10.4. The lowest BCUT2D eigenvalue weighted by Gasteiger charge is -2.19. The molecule has 5 heteroatoms. The van der Waals surface area contributed by atoms with E-state index in [9.17, 15) is 9.59 Å². The number of hydrogen-bond donors (Lipinski definition) is 0.